The molecule has 7 rings (SSSR count). The molecular formula is C32H38ClF3N3O5+. The van der Waals surface area contributed by atoms with Crippen LogP contribution in [0.15, 0.2) is 24.4 Å². The van der Waals surface area contributed by atoms with Crippen LogP contribution >= 0.6 is 11.6 Å². The van der Waals surface area contributed by atoms with Gasteiger partial charge < -0.3 is 9.84 Å². The number of benzene rings is 1. The molecule has 5 aliphatic rings. The van der Waals surface area contributed by atoms with Crippen LogP contribution < -0.4 is 4.74 Å². The largest absolute Gasteiger partial charge is 0.496 e. The zero-order valence-corrected chi connectivity index (χ0v) is 26.1. The number of carboxylic acid groups (broad SMARTS) is 1. The van der Waals surface area contributed by atoms with Gasteiger partial charge in [-0.15, -0.1) is 0 Å². The van der Waals surface area contributed by atoms with Crippen molar-refractivity contribution in [3.05, 3.63) is 46.2 Å². The molecule has 5 saturated carbocycles. The second-order valence-electron chi connectivity index (χ2n) is 14.3. The van der Waals surface area contributed by atoms with Crippen LogP contribution in [-0.4, -0.2) is 63.8 Å². The Bertz CT molecular complexity index is 1510. The maximum atomic E-state index is 15.0. The number of hydrogen-bond acceptors (Lipinski definition) is 5. The van der Waals surface area contributed by atoms with Gasteiger partial charge in [-0.2, -0.15) is 18.3 Å². The Morgan fingerprint density at radius 3 is 2.20 bits per heavy atom. The van der Waals surface area contributed by atoms with Gasteiger partial charge in [-0.05, 0) is 67.9 Å². The highest BCUT2D eigenvalue weighted by atomic mass is 35.5. The van der Waals surface area contributed by atoms with E-state index in [-0.39, 0.29) is 66.3 Å². The SMILES string of the molecule is COc1cccc(Cl)c1C(=O)C[N+](C)(C(=O)c1cnn(C23CCC(C(=O)O)(CC2)CC3)c1C(F)(F)F)C1CC2C(C1)C2(C)C. The van der Waals surface area contributed by atoms with E-state index >= 15 is 0 Å². The van der Waals surface area contributed by atoms with Crippen LogP contribution in [-0.2, 0) is 16.5 Å². The molecule has 2 bridgehead atoms. The molecule has 5 fully saturated rings. The lowest BCUT2D eigenvalue weighted by Gasteiger charge is -2.51. The molecule has 1 aromatic carbocycles. The number of halogens is 4. The summed E-state index contributed by atoms with van der Waals surface area (Å²) in [5, 5.41) is 14.1. The molecule has 5 aliphatic carbocycles. The Kier molecular flexibility index (Phi) is 7.09. The first-order valence-electron chi connectivity index (χ1n) is 15.2. The van der Waals surface area contributed by atoms with Crippen LogP contribution in [0.1, 0.15) is 91.6 Å². The number of methoxy groups -OCH3 is 1. The Morgan fingerprint density at radius 2 is 1.68 bits per heavy atom. The van der Waals surface area contributed by atoms with Crippen molar-refractivity contribution in [3.63, 3.8) is 0 Å². The van der Waals surface area contributed by atoms with E-state index < -0.39 is 57.1 Å². The van der Waals surface area contributed by atoms with Crippen molar-refractivity contribution >= 4 is 29.3 Å². The van der Waals surface area contributed by atoms with Crippen molar-refractivity contribution in [1.29, 1.82) is 0 Å². The lowest BCUT2D eigenvalue weighted by molar-refractivity contribution is -0.847. The highest BCUT2D eigenvalue weighted by Crippen LogP contribution is 2.68. The number of fused-ring (bicyclic) bond motifs is 4. The summed E-state index contributed by atoms with van der Waals surface area (Å²) >= 11 is 6.40. The van der Waals surface area contributed by atoms with E-state index in [0.29, 0.717) is 24.7 Å². The van der Waals surface area contributed by atoms with Crippen molar-refractivity contribution in [2.45, 2.75) is 83.0 Å². The molecular weight excluding hydrogens is 599 g/mol. The molecule has 12 heteroatoms. The van der Waals surface area contributed by atoms with Gasteiger partial charge in [-0.3, -0.25) is 14.3 Å². The van der Waals surface area contributed by atoms with Crippen LogP contribution in [0.2, 0.25) is 5.02 Å². The second-order valence-corrected chi connectivity index (χ2v) is 14.7. The first kappa shape index (κ1) is 31.1. The number of aromatic nitrogens is 2. The van der Waals surface area contributed by atoms with Crippen LogP contribution in [0.25, 0.3) is 0 Å². The molecule has 3 atom stereocenters. The number of ether oxygens (including phenoxy) is 1. The van der Waals surface area contributed by atoms with Gasteiger partial charge in [0, 0.05) is 12.8 Å². The van der Waals surface area contributed by atoms with E-state index in [1.807, 2.05) is 0 Å². The number of quaternary nitrogens is 1. The van der Waals surface area contributed by atoms with Crippen LogP contribution in [0, 0.1) is 22.7 Å². The van der Waals surface area contributed by atoms with E-state index in [4.69, 9.17) is 16.3 Å². The molecule has 1 heterocycles. The number of carbonyl (C=O) groups is 3. The zero-order chi connectivity index (χ0) is 32.0. The first-order chi connectivity index (χ1) is 20.5. The molecule has 0 saturated heterocycles. The van der Waals surface area contributed by atoms with Crippen molar-refractivity contribution < 1.29 is 41.9 Å². The normalized spacial score (nSPS) is 31.7. The molecule has 1 N–H and O–H groups in total. The topological polar surface area (TPSA) is 98.5 Å². The Balaban J connectivity index is 1.40. The summed E-state index contributed by atoms with van der Waals surface area (Å²) in [6, 6.07) is 4.38. The monoisotopic (exact) mass is 636 g/mol. The lowest BCUT2D eigenvalue weighted by Crippen LogP contribution is -2.59. The second kappa shape index (κ2) is 10.0. The smallest absolute Gasteiger partial charge is 0.434 e. The van der Waals surface area contributed by atoms with Gasteiger partial charge in [-0.25, -0.2) is 9.28 Å². The van der Waals surface area contributed by atoms with Crippen molar-refractivity contribution in [2.75, 3.05) is 20.7 Å². The van der Waals surface area contributed by atoms with E-state index in [2.05, 4.69) is 18.9 Å². The van der Waals surface area contributed by atoms with Crippen LogP contribution in [0.3, 0.4) is 0 Å². The van der Waals surface area contributed by atoms with Crippen LogP contribution in [0.4, 0.5) is 13.2 Å². The third-order valence-corrected chi connectivity index (χ3v) is 12.2. The van der Waals surface area contributed by atoms with Gasteiger partial charge in [0.2, 0.25) is 5.78 Å². The predicted molar refractivity (Wildman–Crippen MR) is 154 cm³/mol. The van der Waals surface area contributed by atoms with E-state index in [9.17, 15) is 32.7 Å². The summed E-state index contributed by atoms with van der Waals surface area (Å²) in [5.74, 6) is -1.34. The number of amides is 1. The summed E-state index contributed by atoms with van der Waals surface area (Å²) in [4.78, 5) is 40.4. The fourth-order valence-corrected chi connectivity index (χ4v) is 9.12. The standard InChI is InChI=1S/C32H37ClF3N3O5/c1-29(2)20-14-18(15-21(20)29)39(3,17-23(40)25-22(33)6-5-7-24(25)44-4)27(41)19-16-37-38(26(19)32(34,35)36)31-11-8-30(9-12-31,10-13-31)28(42)43/h5-7,16,18,20-21H,8-15,17H2,1-4H3/p+1. The van der Waals surface area contributed by atoms with Gasteiger partial charge in [0.1, 0.15) is 11.3 Å². The average molecular weight is 637 g/mol. The van der Waals surface area contributed by atoms with Crippen molar-refractivity contribution in [3.8, 4) is 5.75 Å². The molecule has 238 valence electrons. The van der Waals surface area contributed by atoms with Gasteiger partial charge in [0.25, 0.3) is 0 Å². The maximum Gasteiger partial charge on any atom is 0.434 e. The summed E-state index contributed by atoms with van der Waals surface area (Å²) in [6.45, 7) is 3.92. The minimum Gasteiger partial charge on any atom is -0.496 e. The molecule has 8 nitrogen and oxygen atoms in total. The van der Waals surface area contributed by atoms with E-state index in [1.165, 1.54) is 13.2 Å². The quantitative estimate of drug-likeness (QED) is 0.259. The average Bonchev–Trinajstić information content (AvgIpc) is 3.42. The maximum absolute atomic E-state index is 15.0. The predicted octanol–water partition coefficient (Wildman–Crippen LogP) is 6.60. The molecule has 0 radical (unpaired) electrons. The Hall–Kier alpha value is -2.92. The van der Waals surface area contributed by atoms with Crippen molar-refractivity contribution in [1.82, 2.24) is 9.78 Å². The number of rotatable bonds is 8. The first-order valence-corrected chi connectivity index (χ1v) is 15.5. The fraction of sp³-hybridized carbons (Fsp3) is 0.625. The number of alkyl halides is 3. The molecule has 2 aromatic rings. The number of Topliss-reactive ketones (excluding diaryl/α,β-unsaturated/α-hetero) is 1. The van der Waals surface area contributed by atoms with E-state index in [0.717, 1.165) is 10.9 Å². The minimum atomic E-state index is -4.91. The van der Waals surface area contributed by atoms with Gasteiger partial charge in [0.05, 0.1) is 47.9 Å². The lowest BCUT2D eigenvalue weighted by atomic mass is 9.57. The van der Waals surface area contributed by atoms with Crippen LogP contribution in [0.5, 0.6) is 5.75 Å². The highest BCUT2D eigenvalue weighted by molar-refractivity contribution is 6.34. The third-order valence-electron chi connectivity index (χ3n) is 11.9. The number of hydrogen-bond donors (Lipinski definition) is 1. The Morgan fingerprint density at radius 1 is 1.09 bits per heavy atom. The van der Waals surface area contributed by atoms with Gasteiger partial charge in [-0.1, -0.05) is 31.5 Å². The van der Waals surface area contributed by atoms with Crippen molar-refractivity contribution in [2.24, 2.45) is 22.7 Å². The number of aliphatic carboxylic acids is 1. The summed E-state index contributed by atoms with van der Waals surface area (Å²) < 4.78 is 50.7. The number of carboxylic acids is 1. The number of likely N-dealkylation sites (N-methyl/N-ethyl adjacent to an activating group) is 1. The fourth-order valence-electron chi connectivity index (χ4n) is 8.85. The molecule has 3 unspecified atom stereocenters. The summed E-state index contributed by atoms with van der Waals surface area (Å²) in [6.07, 6.45) is -1.21. The third kappa shape index (κ3) is 4.51. The molecule has 0 aliphatic heterocycles. The summed E-state index contributed by atoms with van der Waals surface area (Å²) in [7, 11) is 2.96. The van der Waals surface area contributed by atoms with Gasteiger partial charge in [0.15, 0.2) is 12.2 Å². The minimum absolute atomic E-state index is 0.0919. The summed E-state index contributed by atoms with van der Waals surface area (Å²) in [5.41, 5.74) is -3.44. The number of ketones is 1. The molecule has 1 aromatic heterocycles. The Labute approximate surface area is 259 Å². The highest BCUT2D eigenvalue weighted by Gasteiger charge is 2.67. The van der Waals surface area contributed by atoms with Gasteiger partial charge >= 0.3 is 18.1 Å². The zero-order valence-electron chi connectivity index (χ0n) is 25.3. The van der Waals surface area contributed by atoms with E-state index in [1.54, 1.807) is 19.2 Å². The number of carbonyl (C=O) groups excluding carboxylic acids is 2. The number of nitrogens with zero attached hydrogens (tertiary/aromatic N) is 3. The molecule has 0 spiro atoms. The molecule has 1 amide bonds. The molecule has 44 heavy (non-hydrogen) atoms.